The molecule has 6 heteroatoms. The van der Waals surface area contributed by atoms with Gasteiger partial charge in [0.2, 0.25) is 0 Å². The smallest absolute Gasteiger partial charge is 0.258 e. The SMILES string of the molecule is COc1ccc(C(C)=O)c(OCC(=O)NCc2ccccc2OC)c1. The number of ketones is 1. The molecule has 132 valence electrons. The highest BCUT2D eigenvalue weighted by molar-refractivity contribution is 5.97. The van der Waals surface area contributed by atoms with Crippen LogP contribution in [0.1, 0.15) is 22.8 Å². The average Bonchev–Trinajstić information content (AvgIpc) is 2.64. The monoisotopic (exact) mass is 343 g/mol. The number of hydrogen-bond acceptors (Lipinski definition) is 5. The second-order valence-corrected chi connectivity index (χ2v) is 5.30. The number of Topliss-reactive ketones (excluding diaryl/α,β-unsaturated/α-hetero) is 1. The fourth-order valence-corrected chi connectivity index (χ4v) is 2.28. The summed E-state index contributed by atoms with van der Waals surface area (Å²) in [5.74, 6) is 1.12. The van der Waals surface area contributed by atoms with Gasteiger partial charge in [-0.2, -0.15) is 0 Å². The Balaban J connectivity index is 1.97. The lowest BCUT2D eigenvalue weighted by atomic mass is 10.1. The zero-order chi connectivity index (χ0) is 18.2. The van der Waals surface area contributed by atoms with Gasteiger partial charge in [0.1, 0.15) is 17.2 Å². The fourth-order valence-electron chi connectivity index (χ4n) is 2.28. The van der Waals surface area contributed by atoms with Gasteiger partial charge in [-0.3, -0.25) is 9.59 Å². The molecule has 2 aromatic rings. The molecule has 1 N–H and O–H groups in total. The van der Waals surface area contributed by atoms with Crippen LogP contribution >= 0.6 is 0 Å². The highest BCUT2D eigenvalue weighted by Gasteiger charge is 2.12. The van der Waals surface area contributed by atoms with Crippen molar-refractivity contribution in [2.75, 3.05) is 20.8 Å². The number of rotatable bonds is 8. The van der Waals surface area contributed by atoms with Crippen LogP contribution in [0.15, 0.2) is 42.5 Å². The molecule has 0 radical (unpaired) electrons. The quantitative estimate of drug-likeness (QED) is 0.746. The Kier molecular flexibility index (Phi) is 6.39. The molecular formula is C19H21NO5. The average molecular weight is 343 g/mol. The number of para-hydroxylation sites is 1. The minimum absolute atomic E-state index is 0.146. The van der Waals surface area contributed by atoms with Crippen LogP contribution < -0.4 is 19.5 Å². The van der Waals surface area contributed by atoms with E-state index in [1.54, 1.807) is 25.3 Å². The normalized spacial score (nSPS) is 10.0. The largest absolute Gasteiger partial charge is 0.497 e. The molecule has 0 saturated carbocycles. The molecule has 0 fully saturated rings. The number of ether oxygens (including phenoxy) is 3. The predicted molar refractivity (Wildman–Crippen MR) is 93.3 cm³/mol. The van der Waals surface area contributed by atoms with Crippen molar-refractivity contribution in [2.24, 2.45) is 0 Å². The van der Waals surface area contributed by atoms with Gasteiger partial charge in [0.15, 0.2) is 12.4 Å². The fraction of sp³-hybridized carbons (Fsp3) is 0.263. The van der Waals surface area contributed by atoms with Crippen LogP contribution in [-0.2, 0) is 11.3 Å². The van der Waals surface area contributed by atoms with Crippen molar-refractivity contribution in [1.29, 1.82) is 0 Å². The minimum atomic E-state index is -0.303. The number of methoxy groups -OCH3 is 2. The van der Waals surface area contributed by atoms with Gasteiger partial charge in [0.25, 0.3) is 5.91 Å². The van der Waals surface area contributed by atoms with Crippen molar-refractivity contribution >= 4 is 11.7 Å². The van der Waals surface area contributed by atoms with E-state index in [1.165, 1.54) is 14.0 Å². The van der Waals surface area contributed by atoms with Crippen LogP contribution in [0.5, 0.6) is 17.2 Å². The molecule has 0 heterocycles. The maximum absolute atomic E-state index is 12.0. The predicted octanol–water partition coefficient (Wildman–Crippen LogP) is 2.60. The second-order valence-electron chi connectivity index (χ2n) is 5.30. The van der Waals surface area contributed by atoms with Gasteiger partial charge in [0, 0.05) is 18.2 Å². The minimum Gasteiger partial charge on any atom is -0.497 e. The first-order valence-corrected chi connectivity index (χ1v) is 7.75. The van der Waals surface area contributed by atoms with Gasteiger partial charge < -0.3 is 19.5 Å². The Labute approximate surface area is 146 Å². The van der Waals surface area contributed by atoms with E-state index in [9.17, 15) is 9.59 Å². The van der Waals surface area contributed by atoms with Crippen molar-refractivity contribution in [3.8, 4) is 17.2 Å². The number of amides is 1. The molecule has 0 bridgehead atoms. The molecule has 0 spiro atoms. The summed E-state index contributed by atoms with van der Waals surface area (Å²) in [5, 5.41) is 2.76. The Bertz CT molecular complexity index is 757. The van der Waals surface area contributed by atoms with Gasteiger partial charge in [-0.15, -0.1) is 0 Å². The molecule has 2 aromatic carbocycles. The van der Waals surface area contributed by atoms with E-state index in [2.05, 4.69) is 5.32 Å². The van der Waals surface area contributed by atoms with Crippen molar-refractivity contribution in [1.82, 2.24) is 5.32 Å². The van der Waals surface area contributed by atoms with Crippen LogP contribution in [0, 0.1) is 0 Å². The van der Waals surface area contributed by atoms with Gasteiger partial charge in [0.05, 0.1) is 19.8 Å². The lowest BCUT2D eigenvalue weighted by Gasteiger charge is -2.12. The van der Waals surface area contributed by atoms with Gasteiger partial charge in [-0.25, -0.2) is 0 Å². The Hall–Kier alpha value is -3.02. The van der Waals surface area contributed by atoms with E-state index in [1.807, 2.05) is 24.3 Å². The Morgan fingerprint density at radius 1 is 1.00 bits per heavy atom. The van der Waals surface area contributed by atoms with Gasteiger partial charge in [-0.1, -0.05) is 18.2 Å². The summed E-state index contributed by atoms with van der Waals surface area (Å²) in [4.78, 5) is 23.7. The molecule has 0 aliphatic rings. The van der Waals surface area contributed by atoms with Crippen molar-refractivity contribution < 1.29 is 23.8 Å². The van der Waals surface area contributed by atoms with E-state index in [-0.39, 0.29) is 18.3 Å². The maximum atomic E-state index is 12.0. The third-order valence-corrected chi connectivity index (χ3v) is 3.60. The van der Waals surface area contributed by atoms with Gasteiger partial charge >= 0.3 is 0 Å². The summed E-state index contributed by atoms with van der Waals surface area (Å²) < 4.78 is 15.9. The molecule has 6 nitrogen and oxygen atoms in total. The summed E-state index contributed by atoms with van der Waals surface area (Å²) in [5.41, 5.74) is 1.27. The van der Waals surface area contributed by atoms with Crippen LogP contribution in [-0.4, -0.2) is 32.5 Å². The third kappa shape index (κ3) is 4.97. The summed E-state index contributed by atoms with van der Waals surface area (Å²) in [6, 6.07) is 12.3. The molecule has 0 atom stereocenters. The molecule has 25 heavy (non-hydrogen) atoms. The van der Waals surface area contributed by atoms with Gasteiger partial charge in [-0.05, 0) is 25.1 Å². The summed E-state index contributed by atoms with van der Waals surface area (Å²) in [6.07, 6.45) is 0. The topological polar surface area (TPSA) is 73.9 Å². The van der Waals surface area contributed by atoms with Crippen LogP contribution in [0.3, 0.4) is 0 Å². The lowest BCUT2D eigenvalue weighted by Crippen LogP contribution is -2.28. The van der Waals surface area contributed by atoms with E-state index in [0.717, 1.165) is 5.56 Å². The molecule has 0 aliphatic heterocycles. The van der Waals surface area contributed by atoms with Crippen LogP contribution in [0.2, 0.25) is 0 Å². The summed E-state index contributed by atoms with van der Waals surface area (Å²) >= 11 is 0. The lowest BCUT2D eigenvalue weighted by molar-refractivity contribution is -0.123. The van der Waals surface area contributed by atoms with E-state index in [4.69, 9.17) is 14.2 Å². The number of carbonyl (C=O) groups is 2. The van der Waals surface area contributed by atoms with Crippen molar-refractivity contribution in [2.45, 2.75) is 13.5 Å². The first-order chi connectivity index (χ1) is 12.0. The Morgan fingerprint density at radius 2 is 1.76 bits per heavy atom. The van der Waals surface area contributed by atoms with E-state index in [0.29, 0.717) is 29.4 Å². The van der Waals surface area contributed by atoms with Crippen molar-refractivity contribution in [3.63, 3.8) is 0 Å². The molecule has 2 rings (SSSR count). The van der Waals surface area contributed by atoms with Crippen LogP contribution in [0.25, 0.3) is 0 Å². The number of hydrogen-bond donors (Lipinski definition) is 1. The second kappa shape index (κ2) is 8.73. The molecule has 1 amide bonds. The molecular weight excluding hydrogens is 322 g/mol. The zero-order valence-electron chi connectivity index (χ0n) is 14.5. The Morgan fingerprint density at radius 3 is 2.44 bits per heavy atom. The van der Waals surface area contributed by atoms with E-state index < -0.39 is 0 Å². The number of carbonyl (C=O) groups excluding carboxylic acids is 2. The standard InChI is InChI=1S/C19H21NO5/c1-13(21)16-9-8-15(23-2)10-18(16)25-12-19(22)20-11-14-6-4-5-7-17(14)24-3/h4-10H,11-12H2,1-3H3,(H,20,22). The van der Waals surface area contributed by atoms with E-state index >= 15 is 0 Å². The first kappa shape index (κ1) is 18.3. The van der Waals surface area contributed by atoms with Crippen LogP contribution in [0.4, 0.5) is 0 Å². The number of benzene rings is 2. The molecule has 0 aromatic heterocycles. The molecule has 0 unspecified atom stereocenters. The highest BCUT2D eigenvalue weighted by atomic mass is 16.5. The highest BCUT2D eigenvalue weighted by Crippen LogP contribution is 2.25. The summed E-state index contributed by atoms with van der Waals surface area (Å²) in [7, 11) is 3.10. The number of nitrogens with one attached hydrogen (secondary N) is 1. The maximum Gasteiger partial charge on any atom is 0.258 e. The zero-order valence-corrected chi connectivity index (χ0v) is 14.5. The first-order valence-electron chi connectivity index (χ1n) is 7.75. The van der Waals surface area contributed by atoms with Crippen molar-refractivity contribution in [3.05, 3.63) is 53.6 Å². The summed E-state index contributed by atoms with van der Waals surface area (Å²) in [6.45, 7) is 1.56. The molecule has 0 aliphatic carbocycles. The third-order valence-electron chi connectivity index (χ3n) is 3.60. The molecule has 0 saturated heterocycles.